The van der Waals surface area contributed by atoms with Crippen LogP contribution < -0.4 is 5.32 Å². The van der Waals surface area contributed by atoms with Gasteiger partial charge in [-0.25, -0.2) is 4.39 Å². The maximum absolute atomic E-state index is 13.5. The fraction of sp³-hybridized carbons (Fsp3) is 0.474. The average molecular weight is 360 g/mol. The van der Waals surface area contributed by atoms with E-state index in [2.05, 4.69) is 10.2 Å². The Morgan fingerprint density at radius 2 is 1.96 bits per heavy atom. The summed E-state index contributed by atoms with van der Waals surface area (Å²) in [6.45, 7) is 5.63. The summed E-state index contributed by atoms with van der Waals surface area (Å²) in [6, 6.07) is 6.05. The van der Waals surface area contributed by atoms with Crippen molar-refractivity contribution in [3.63, 3.8) is 0 Å². The fourth-order valence-corrected chi connectivity index (χ4v) is 3.69. The summed E-state index contributed by atoms with van der Waals surface area (Å²) in [4.78, 5) is 29.2. The fourth-order valence-electron chi connectivity index (χ4n) is 3.69. The van der Waals surface area contributed by atoms with Crippen LogP contribution >= 0.6 is 0 Å². The smallest absolute Gasteiger partial charge is 0.270 e. The molecule has 0 saturated carbocycles. The van der Waals surface area contributed by atoms with Gasteiger partial charge in [0.15, 0.2) is 0 Å². The van der Waals surface area contributed by atoms with Gasteiger partial charge >= 0.3 is 0 Å². The molecule has 140 valence electrons. The number of aromatic nitrogens is 1. The first-order valence-electron chi connectivity index (χ1n) is 8.85. The Balaban J connectivity index is 1.88. The number of hydrogen-bond donors (Lipinski definition) is 1. The van der Waals surface area contributed by atoms with Crippen molar-refractivity contribution in [1.82, 2.24) is 19.7 Å². The van der Waals surface area contributed by atoms with E-state index in [1.165, 1.54) is 12.1 Å². The second-order valence-corrected chi connectivity index (χ2v) is 7.00. The number of hydrogen-bond acceptors (Lipinski definition) is 3. The molecule has 1 aromatic heterocycles. The number of nitrogens with one attached hydrogen (secondary N) is 1. The maximum Gasteiger partial charge on any atom is 0.270 e. The summed E-state index contributed by atoms with van der Waals surface area (Å²) in [5.74, 6) is -0.552. The van der Waals surface area contributed by atoms with Crippen LogP contribution in [0.1, 0.15) is 24.3 Å². The SMILES string of the molecule is CNC(=O)[C@H]1CN(C(=O)c2cc3cc(F)ccc3n2C)CCN1C(C)C. The Hall–Kier alpha value is -2.41. The van der Waals surface area contributed by atoms with E-state index < -0.39 is 0 Å². The molecule has 0 unspecified atom stereocenters. The zero-order valence-corrected chi connectivity index (χ0v) is 15.6. The number of benzene rings is 1. The van der Waals surface area contributed by atoms with E-state index in [1.54, 1.807) is 35.7 Å². The van der Waals surface area contributed by atoms with Gasteiger partial charge in [-0.1, -0.05) is 0 Å². The summed E-state index contributed by atoms with van der Waals surface area (Å²) >= 11 is 0. The summed E-state index contributed by atoms with van der Waals surface area (Å²) < 4.78 is 15.3. The minimum absolute atomic E-state index is 0.0877. The molecule has 2 heterocycles. The highest BCUT2D eigenvalue weighted by Crippen LogP contribution is 2.22. The standard InChI is InChI=1S/C19H25FN4O2/c1-12(2)24-8-7-23(11-17(24)18(25)21-3)19(26)16-10-13-9-14(20)5-6-15(13)22(16)4/h5-6,9-10,12,17H,7-8,11H2,1-4H3,(H,21,25)/t17-/m1/s1. The second kappa shape index (κ2) is 7.07. The highest BCUT2D eigenvalue weighted by Gasteiger charge is 2.35. The van der Waals surface area contributed by atoms with Crippen molar-refractivity contribution in [2.45, 2.75) is 25.9 Å². The second-order valence-electron chi connectivity index (χ2n) is 7.00. The number of likely N-dealkylation sites (N-methyl/N-ethyl adjacent to an activating group) is 1. The Labute approximate surface area is 152 Å². The van der Waals surface area contributed by atoms with Crippen molar-refractivity contribution in [3.8, 4) is 0 Å². The lowest BCUT2D eigenvalue weighted by Gasteiger charge is -2.42. The van der Waals surface area contributed by atoms with Gasteiger partial charge in [-0.05, 0) is 38.1 Å². The molecule has 0 radical (unpaired) electrons. The molecule has 6 nitrogen and oxygen atoms in total. The molecule has 1 aliphatic rings. The number of amides is 2. The molecule has 26 heavy (non-hydrogen) atoms. The van der Waals surface area contributed by atoms with Gasteiger partial charge in [0.2, 0.25) is 5.91 Å². The molecule has 1 aromatic carbocycles. The summed E-state index contributed by atoms with van der Waals surface area (Å²) in [7, 11) is 3.41. The van der Waals surface area contributed by atoms with E-state index in [9.17, 15) is 14.0 Å². The topological polar surface area (TPSA) is 57.6 Å². The normalized spacial score (nSPS) is 18.5. The minimum atomic E-state index is -0.371. The molecule has 1 saturated heterocycles. The molecule has 2 aromatic rings. The van der Waals surface area contributed by atoms with E-state index in [1.807, 2.05) is 13.8 Å². The van der Waals surface area contributed by atoms with Crippen LogP contribution in [0.3, 0.4) is 0 Å². The zero-order valence-electron chi connectivity index (χ0n) is 15.6. The van der Waals surface area contributed by atoms with Gasteiger partial charge in [0.05, 0.1) is 0 Å². The van der Waals surface area contributed by atoms with Crippen molar-refractivity contribution < 1.29 is 14.0 Å². The Morgan fingerprint density at radius 3 is 2.62 bits per heavy atom. The van der Waals surface area contributed by atoms with Crippen molar-refractivity contribution in [2.75, 3.05) is 26.7 Å². The molecular formula is C19H25FN4O2. The predicted octanol–water partition coefficient (Wildman–Crippen LogP) is 1.60. The third-order valence-electron chi connectivity index (χ3n) is 5.14. The molecule has 3 rings (SSSR count). The van der Waals surface area contributed by atoms with Gasteiger partial charge in [0.1, 0.15) is 17.6 Å². The molecule has 0 bridgehead atoms. The average Bonchev–Trinajstić information content (AvgIpc) is 2.95. The number of nitrogens with zero attached hydrogens (tertiary/aromatic N) is 3. The number of fused-ring (bicyclic) bond motifs is 1. The third kappa shape index (κ3) is 3.19. The van der Waals surface area contributed by atoms with Gasteiger partial charge in [0, 0.05) is 50.7 Å². The Bertz CT molecular complexity index is 845. The van der Waals surface area contributed by atoms with Crippen LogP contribution in [0.15, 0.2) is 24.3 Å². The van der Waals surface area contributed by atoms with Crippen molar-refractivity contribution >= 4 is 22.7 Å². The number of carbonyl (C=O) groups is 2. The minimum Gasteiger partial charge on any atom is -0.358 e. The van der Waals surface area contributed by atoms with Gasteiger partial charge in [0.25, 0.3) is 5.91 Å². The molecule has 0 aliphatic carbocycles. The quantitative estimate of drug-likeness (QED) is 0.905. The molecule has 1 atom stereocenters. The molecule has 1 N–H and O–H groups in total. The lowest BCUT2D eigenvalue weighted by atomic mass is 10.1. The van der Waals surface area contributed by atoms with E-state index in [0.29, 0.717) is 30.7 Å². The van der Waals surface area contributed by atoms with Crippen molar-refractivity contribution in [2.24, 2.45) is 7.05 Å². The first-order valence-corrected chi connectivity index (χ1v) is 8.85. The number of carbonyl (C=O) groups excluding carboxylic acids is 2. The van der Waals surface area contributed by atoms with Crippen LogP contribution in [0, 0.1) is 5.82 Å². The van der Waals surface area contributed by atoms with Crippen LogP contribution in [0.2, 0.25) is 0 Å². The third-order valence-corrected chi connectivity index (χ3v) is 5.14. The first kappa shape index (κ1) is 18.4. The largest absolute Gasteiger partial charge is 0.358 e. The first-order chi connectivity index (χ1) is 12.3. The van der Waals surface area contributed by atoms with Gasteiger partial charge < -0.3 is 14.8 Å². The zero-order chi connectivity index (χ0) is 19.0. The highest BCUT2D eigenvalue weighted by molar-refractivity contribution is 5.99. The van der Waals surface area contributed by atoms with Gasteiger partial charge in [-0.15, -0.1) is 0 Å². The van der Waals surface area contributed by atoms with Crippen molar-refractivity contribution in [3.05, 3.63) is 35.8 Å². The number of halogens is 1. The lowest BCUT2D eigenvalue weighted by Crippen LogP contribution is -2.61. The lowest BCUT2D eigenvalue weighted by molar-refractivity contribution is -0.128. The molecule has 7 heteroatoms. The van der Waals surface area contributed by atoms with E-state index in [0.717, 1.165) is 5.52 Å². The maximum atomic E-state index is 13.5. The van der Waals surface area contributed by atoms with Crippen LogP contribution in [0.25, 0.3) is 10.9 Å². The Morgan fingerprint density at radius 1 is 1.23 bits per heavy atom. The highest BCUT2D eigenvalue weighted by atomic mass is 19.1. The van der Waals surface area contributed by atoms with Crippen LogP contribution in [0.5, 0.6) is 0 Å². The summed E-state index contributed by atoms with van der Waals surface area (Å²) in [6.07, 6.45) is 0. The number of aryl methyl sites for hydroxylation is 1. The van der Waals surface area contributed by atoms with Crippen LogP contribution in [-0.4, -0.2) is 64.9 Å². The van der Waals surface area contributed by atoms with Gasteiger partial charge in [-0.3, -0.25) is 14.5 Å². The molecule has 1 fully saturated rings. The summed E-state index contributed by atoms with van der Waals surface area (Å²) in [5.41, 5.74) is 1.30. The van der Waals surface area contributed by atoms with E-state index in [4.69, 9.17) is 0 Å². The molecular weight excluding hydrogens is 335 g/mol. The summed E-state index contributed by atoms with van der Waals surface area (Å²) in [5, 5.41) is 3.39. The predicted molar refractivity (Wildman–Crippen MR) is 98.5 cm³/mol. The number of piperazine rings is 1. The number of rotatable bonds is 3. The van der Waals surface area contributed by atoms with Crippen LogP contribution in [-0.2, 0) is 11.8 Å². The van der Waals surface area contributed by atoms with Crippen molar-refractivity contribution in [1.29, 1.82) is 0 Å². The molecule has 1 aliphatic heterocycles. The monoisotopic (exact) mass is 360 g/mol. The van der Waals surface area contributed by atoms with E-state index in [-0.39, 0.29) is 29.7 Å². The Kier molecular flexibility index (Phi) is 5.00. The van der Waals surface area contributed by atoms with Gasteiger partial charge in [-0.2, -0.15) is 0 Å². The molecule has 0 spiro atoms. The molecule has 2 amide bonds. The van der Waals surface area contributed by atoms with E-state index >= 15 is 0 Å². The van der Waals surface area contributed by atoms with Crippen LogP contribution in [0.4, 0.5) is 4.39 Å².